The largest absolute Gasteiger partial charge is 0.462 e. The highest BCUT2D eigenvalue weighted by Gasteiger charge is 2.39. The van der Waals surface area contributed by atoms with Crippen LogP contribution in [0.3, 0.4) is 0 Å². The summed E-state index contributed by atoms with van der Waals surface area (Å²) in [6.07, 6.45) is 20.8. The monoisotopic (exact) mass is 624 g/mol. The fraction of sp³-hybridized carbons (Fsp3) is 0.833. The van der Waals surface area contributed by atoms with Crippen molar-refractivity contribution in [2.24, 2.45) is 17.8 Å². The first-order chi connectivity index (χ1) is 21.2. The van der Waals surface area contributed by atoms with E-state index in [1.165, 1.54) is 44.9 Å². The van der Waals surface area contributed by atoms with E-state index in [4.69, 9.17) is 9.47 Å². The fourth-order valence-electron chi connectivity index (χ4n) is 5.74. The molecule has 0 bridgehead atoms. The second-order valence-corrected chi connectivity index (χ2v) is 12.8. The number of carbonyl (C=O) groups is 2. The van der Waals surface area contributed by atoms with Crippen molar-refractivity contribution in [1.82, 2.24) is 0 Å². The average molecular weight is 625 g/mol. The molecule has 8 nitrogen and oxygen atoms in total. The second-order valence-electron chi connectivity index (χ2n) is 12.8. The Morgan fingerprint density at radius 2 is 1.52 bits per heavy atom. The van der Waals surface area contributed by atoms with Gasteiger partial charge in [-0.3, -0.25) is 9.59 Å². The van der Waals surface area contributed by atoms with Gasteiger partial charge in [-0.25, -0.2) is 0 Å². The van der Waals surface area contributed by atoms with Crippen LogP contribution < -0.4 is 0 Å². The third-order valence-electron chi connectivity index (χ3n) is 8.89. The molecule has 1 unspecified atom stereocenters. The lowest BCUT2D eigenvalue weighted by molar-refractivity contribution is -0.160. The lowest BCUT2D eigenvalue weighted by Gasteiger charge is -2.19. The van der Waals surface area contributed by atoms with Gasteiger partial charge >= 0.3 is 11.9 Å². The summed E-state index contributed by atoms with van der Waals surface area (Å²) in [6.45, 7) is 6.06. The maximum absolute atomic E-state index is 12.3. The lowest BCUT2D eigenvalue weighted by Crippen LogP contribution is -2.28. The van der Waals surface area contributed by atoms with E-state index in [0.29, 0.717) is 19.3 Å². The Morgan fingerprint density at radius 1 is 0.864 bits per heavy atom. The standard InChI is InChI=1S/C36H64O8/c1-4-6-13-19-29(38)23-24-32-31(33(39)25-34(32)40)20-16-17-22-36(42)44-30(26-37)27-43-35(41)21-15-12-10-8-7-9-11-14-18-28(3)5-2/h16-17,23-24,28-34,37-40H,4-15,18-22,25-27H2,1-3H3/b17-16-,24-23+/t28?,29-,30+,31+,32-,33+,34-/m1/s1. The van der Waals surface area contributed by atoms with Crippen LogP contribution in [0.5, 0.6) is 0 Å². The minimum atomic E-state index is -0.912. The van der Waals surface area contributed by atoms with Crippen molar-refractivity contribution >= 4 is 11.9 Å². The summed E-state index contributed by atoms with van der Waals surface area (Å²) in [5.41, 5.74) is 0. The van der Waals surface area contributed by atoms with Crippen LogP contribution in [0.1, 0.15) is 136 Å². The number of hydrogen-bond acceptors (Lipinski definition) is 8. The summed E-state index contributed by atoms with van der Waals surface area (Å²) in [7, 11) is 0. The van der Waals surface area contributed by atoms with E-state index in [0.717, 1.165) is 44.4 Å². The van der Waals surface area contributed by atoms with E-state index in [1.807, 2.05) is 6.08 Å². The summed E-state index contributed by atoms with van der Waals surface area (Å²) >= 11 is 0. The molecule has 0 aromatic carbocycles. The number of carbonyl (C=O) groups excluding carboxylic acids is 2. The van der Waals surface area contributed by atoms with Crippen LogP contribution >= 0.6 is 0 Å². The molecule has 1 rings (SSSR count). The van der Waals surface area contributed by atoms with Crippen molar-refractivity contribution in [3.8, 4) is 0 Å². The summed E-state index contributed by atoms with van der Waals surface area (Å²) in [5, 5.41) is 40.6. The molecule has 0 heterocycles. The average Bonchev–Trinajstić information content (AvgIpc) is 3.28. The molecule has 0 aromatic heterocycles. The third-order valence-corrected chi connectivity index (χ3v) is 8.89. The molecule has 0 amide bonds. The molecule has 8 heteroatoms. The van der Waals surface area contributed by atoms with Gasteiger partial charge in [-0.2, -0.15) is 0 Å². The number of hydrogen-bond donors (Lipinski definition) is 4. The van der Waals surface area contributed by atoms with E-state index in [9.17, 15) is 30.0 Å². The molecule has 1 aliphatic rings. The zero-order valence-electron chi connectivity index (χ0n) is 27.9. The molecule has 0 aromatic rings. The Hall–Kier alpha value is -1.74. The molecule has 7 atom stereocenters. The minimum Gasteiger partial charge on any atom is -0.462 e. The summed E-state index contributed by atoms with van der Waals surface area (Å²) < 4.78 is 10.5. The first kappa shape index (κ1) is 40.3. The van der Waals surface area contributed by atoms with Gasteiger partial charge < -0.3 is 29.9 Å². The molecule has 256 valence electrons. The topological polar surface area (TPSA) is 134 Å². The second kappa shape index (κ2) is 25.5. The van der Waals surface area contributed by atoms with Gasteiger partial charge in [0.1, 0.15) is 6.61 Å². The molecular formula is C36H64O8. The molecular weight excluding hydrogens is 560 g/mol. The van der Waals surface area contributed by atoms with E-state index in [1.54, 1.807) is 18.2 Å². The van der Waals surface area contributed by atoms with Crippen LogP contribution in [-0.4, -0.2) is 70.0 Å². The number of unbranched alkanes of at least 4 members (excludes halogenated alkanes) is 9. The van der Waals surface area contributed by atoms with Crippen molar-refractivity contribution in [3.05, 3.63) is 24.3 Å². The zero-order chi connectivity index (χ0) is 32.6. The van der Waals surface area contributed by atoms with Gasteiger partial charge in [-0.1, -0.05) is 122 Å². The molecule has 0 radical (unpaired) electrons. The van der Waals surface area contributed by atoms with Crippen LogP contribution in [0.25, 0.3) is 0 Å². The van der Waals surface area contributed by atoms with Gasteiger partial charge in [-0.15, -0.1) is 0 Å². The first-order valence-corrected chi connectivity index (χ1v) is 17.5. The number of aliphatic hydroxyl groups is 4. The van der Waals surface area contributed by atoms with Crippen molar-refractivity contribution in [2.75, 3.05) is 13.2 Å². The van der Waals surface area contributed by atoms with E-state index < -0.39 is 37.0 Å². The number of rotatable bonds is 26. The van der Waals surface area contributed by atoms with E-state index >= 15 is 0 Å². The van der Waals surface area contributed by atoms with E-state index in [2.05, 4.69) is 20.8 Å². The number of aliphatic hydroxyl groups excluding tert-OH is 4. The normalized spacial score (nSPS) is 22.4. The highest BCUT2D eigenvalue weighted by atomic mass is 16.6. The highest BCUT2D eigenvalue weighted by molar-refractivity contribution is 5.71. The van der Waals surface area contributed by atoms with Crippen LogP contribution in [0.4, 0.5) is 0 Å². The SMILES string of the molecule is CCCCC[C@@H](O)/C=C/[C@@H]1[C@H](C/C=C\CC(=O)O[C@@H](CO)COC(=O)CCCCCCCCCCC(C)CC)[C@@H](O)C[C@H]1O. The number of esters is 2. The predicted octanol–water partition coefficient (Wildman–Crippen LogP) is 6.57. The predicted molar refractivity (Wildman–Crippen MR) is 175 cm³/mol. The zero-order valence-corrected chi connectivity index (χ0v) is 27.9. The third kappa shape index (κ3) is 18.9. The molecule has 1 aliphatic carbocycles. The van der Waals surface area contributed by atoms with Gasteiger partial charge in [-0.05, 0) is 31.1 Å². The Kier molecular flexibility index (Phi) is 23.3. The first-order valence-electron chi connectivity index (χ1n) is 17.5. The fourth-order valence-corrected chi connectivity index (χ4v) is 5.74. The Morgan fingerprint density at radius 3 is 2.18 bits per heavy atom. The van der Waals surface area contributed by atoms with Gasteiger partial charge in [0.05, 0.1) is 31.3 Å². The molecule has 1 saturated carbocycles. The molecule has 0 aliphatic heterocycles. The molecule has 4 N–H and O–H groups in total. The van der Waals surface area contributed by atoms with Crippen LogP contribution in [0.15, 0.2) is 24.3 Å². The van der Waals surface area contributed by atoms with Gasteiger partial charge in [0.15, 0.2) is 6.10 Å². The van der Waals surface area contributed by atoms with E-state index in [-0.39, 0.29) is 37.3 Å². The van der Waals surface area contributed by atoms with Gasteiger partial charge in [0.2, 0.25) is 0 Å². The van der Waals surface area contributed by atoms with Crippen molar-refractivity contribution in [1.29, 1.82) is 0 Å². The van der Waals surface area contributed by atoms with Gasteiger partial charge in [0.25, 0.3) is 0 Å². The highest BCUT2D eigenvalue weighted by Crippen LogP contribution is 2.36. The lowest BCUT2D eigenvalue weighted by atomic mass is 9.89. The Labute approximate surface area is 267 Å². The quantitative estimate of drug-likeness (QED) is 0.0482. The summed E-state index contributed by atoms with van der Waals surface area (Å²) in [5.74, 6) is -0.551. The molecule has 44 heavy (non-hydrogen) atoms. The molecule has 1 fully saturated rings. The molecule has 0 saturated heterocycles. The number of ether oxygens (including phenoxy) is 2. The summed E-state index contributed by atoms with van der Waals surface area (Å²) in [4.78, 5) is 24.3. The Balaban J connectivity index is 2.24. The van der Waals surface area contributed by atoms with Crippen molar-refractivity contribution in [2.45, 2.75) is 161 Å². The minimum absolute atomic E-state index is 0.0235. The number of allylic oxidation sites excluding steroid dienone is 1. The van der Waals surface area contributed by atoms with Crippen molar-refractivity contribution < 1.29 is 39.5 Å². The van der Waals surface area contributed by atoms with Crippen LogP contribution in [0, 0.1) is 17.8 Å². The maximum atomic E-state index is 12.3. The maximum Gasteiger partial charge on any atom is 0.310 e. The Bertz CT molecular complexity index is 797. The smallest absolute Gasteiger partial charge is 0.310 e. The molecule has 0 spiro atoms. The van der Waals surface area contributed by atoms with Crippen LogP contribution in [0.2, 0.25) is 0 Å². The summed E-state index contributed by atoms with van der Waals surface area (Å²) in [6, 6.07) is 0. The van der Waals surface area contributed by atoms with Gasteiger partial charge in [0, 0.05) is 18.8 Å². The van der Waals surface area contributed by atoms with Crippen molar-refractivity contribution in [3.63, 3.8) is 0 Å². The van der Waals surface area contributed by atoms with Crippen LogP contribution in [-0.2, 0) is 19.1 Å².